The molecule has 1 N–H and O–H groups in total. The van der Waals surface area contributed by atoms with Crippen molar-refractivity contribution >= 4 is 23.1 Å². The summed E-state index contributed by atoms with van der Waals surface area (Å²) in [7, 11) is 0. The predicted octanol–water partition coefficient (Wildman–Crippen LogP) is 1.35. The first-order chi connectivity index (χ1) is 10.7. The average molecular weight is 294 g/mol. The SMILES string of the molecule is O=C(N/N=C/c1cc(=O)c2ccccc2o1)c1cnccn1. The summed E-state index contributed by atoms with van der Waals surface area (Å²) in [5.41, 5.74) is 2.70. The molecule has 0 aliphatic heterocycles. The molecule has 0 aliphatic carbocycles. The highest BCUT2D eigenvalue weighted by Gasteiger charge is 2.05. The van der Waals surface area contributed by atoms with Gasteiger partial charge in [-0.05, 0) is 12.1 Å². The molecule has 2 aromatic heterocycles. The van der Waals surface area contributed by atoms with E-state index in [2.05, 4.69) is 20.5 Å². The van der Waals surface area contributed by atoms with Crippen molar-refractivity contribution < 1.29 is 9.21 Å². The third-order valence-electron chi connectivity index (χ3n) is 2.81. The van der Waals surface area contributed by atoms with E-state index >= 15 is 0 Å². The number of hydrogen-bond donors (Lipinski definition) is 1. The highest BCUT2D eigenvalue weighted by Crippen LogP contribution is 2.10. The van der Waals surface area contributed by atoms with Gasteiger partial charge in [0.1, 0.15) is 11.3 Å². The van der Waals surface area contributed by atoms with Crippen molar-refractivity contribution in [3.8, 4) is 0 Å². The summed E-state index contributed by atoms with van der Waals surface area (Å²) in [6.07, 6.45) is 5.44. The molecule has 1 aromatic carbocycles. The Hall–Kier alpha value is -3.35. The molecule has 0 aliphatic rings. The zero-order valence-corrected chi connectivity index (χ0v) is 11.3. The smallest absolute Gasteiger partial charge is 0.291 e. The lowest BCUT2D eigenvalue weighted by atomic mass is 10.2. The maximum atomic E-state index is 11.9. The minimum absolute atomic E-state index is 0.139. The number of rotatable bonds is 3. The molecule has 0 spiro atoms. The lowest BCUT2D eigenvalue weighted by Crippen LogP contribution is -2.19. The van der Waals surface area contributed by atoms with Crippen molar-refractivity contribution in [3.05, 3.63) is 70.6 Å². The number of aromatic nitrogens is 2. The van der Waals surface area contributed by atoms with Crippen molar-refractivity contribution in [3.63, 3.8) is 0 Å². The molecule has 1 amide bonds. The molecule has 22 heavy (non-hydrogen) atoms. The number of carbonyl (C=O) groups excluding carboxylic acids is 1. The molecule has 0 radical (unpaired) electrons. The van der Waals surface area contributed by atoms with Crippen molar-refractivity contribution in [2.24, 2.45) is 5.10 Å². The topological polar surface area (TPSA) is 97.5 Å². The summed E-state index contributed by atoms with van der Waals surface area (Å²) in [5.74, 6) is -0.268. The Labute approximate surface area is 124 Å². The summed E-state index contributed by atoms with van der Waals surface area (Å²) < 4.78 is 5.50. The number of amides is 1. The Morgan fingerprint density at radius 2 is 2.14 bits per heavy atom. The second-order valence-electron chi connectivity index (χ2n) is 4.30. The Morgan fingerprint density at radius 3 is 2.95 bits per heavy atom. The van der Waals surface area contributed by atoms with Crippen molar-refractivity contribution in [2.45, 2.75) is 0 Å². The van der Waals surface area contributed by atoms with Crippen molar-refractivity contribution in [2.75, 3.05) is 0 Å². The second-order valence-corrected chi connectivity index (χ2v) is 4.30. The van der Waals surface area contributed by atoms with Crippen LogP contribution in [0.3, 0.4) is 0 Å². The van der Waals surface area contributed by atoms with Crippen LogP contribution in [0.4, 0.5) is 0 Å². The van der Waals surface area contributed by atoms with Crippen LogP contribution in [0.25, 0.3) is 11.0 Å². The van der Waals surface area contributed by atoms with Crippen LogP contribution in [0.5, 0.6) is 0 Å². The maximum Gasteiger partial charge on any atom is 0.291 e. The van der Waals surface area contributed by atoms with Gasteiger partial charge >= 0.3 is 0 Å². The Bertz CT molecular complexity index is 903. The number of carbonyl (C=O) groups is 1. The lowest BCUT2D eigenvalue weighted by molar-refractivity contribution is 0.0949. The van der Waals surface area contributed by atoms with Crippen LogP contribution < -0.4 is 10.9 Å². The summed E-state index contributed by atoms with van der Waals surface area (Å²) in [6, 6.07) is 8.20. The van der Waals surface area contributed by atoms with Crippen LogP contribution in [0.2, 0.25) is 0 Å². The highest BCUT2D eigenvalue weighted by molar-refractivity contribution is 5.92. The first-order valence-electron chi connectivity index (χ1n) is 6.36. The maximum absolute atomic E-state index is 11.9. The Balaban J connectivity index is 1.79. The van der Waals surface area contributed by atoms with Gasteiger partial charge in [0, 0.05) is 18.5 Å². The molecule has 0 unspecified atom stereocenters. The summed E-state index contributed by atoms with van der Waals surface area (Å²) >= 11 is 0. The minimum atomic E-state index is -0.507. The van der Waals surface area contributed by atoms with Gasteiger partial charge in [-0.1, -0.05) is 12.1 Å². The quantitative estimate of drug-likeness (QED) is 0.581. The molecule has 3 aromatic rings. The number of nitrogens with zero attached hydrogens (tertiary/aromatic N) is 3. The second kappa shape index (κ2) is 5.96. The van der Waals surface area contributed by atoms with Crippen LogP contribution in [-0.4, -0.2) is 22.1 Å². The summed E-state index contributed by atoms with van der Waals surface area (Å²) in [6.45, 7) is 0. The molecule has 0 atom stereocenters. The Morgan fingerprint density at radius 1 is 1.27 bits per heavy atom. The van der Waals surface area contributed by atoms with Gasteiger partial charge in [-0.2, -0.15) is 5.10 Å². The monoisotopic (exact) mass is 294 g/mol. The van der Waals surface area contributed by atoms with Gasteiger partial charge in [0.15, 0.2) is 11.2 Å². The Kier molecular flexibility index (Phi) is 3.69. The molecular formula is C15H10N4O3. The molecule has 7 nitrogen and oxygen atoms in total. The number of para-hydroxylation sites is 1. The van der Waals surface area contributed by atoms with Crippen LogP contribution in [-0.2, 0) is 0 Å². The third-order valence-corrected chi connectivity index (χ3v) is 2.81. The number of benzene rings is 1. The van der Waals surface area contributed by atoms with E-state index in [1.165, 1.54) is 30.9 Å². The van der Waals surface area contributed by atoms with E-state index in [1.807, 2.05) is 0 Å². The molecule has 0 saturated carbocycles. The van der Waals surface area contributed by atoms with Crippen molar-refractivity contribution in [1.82, 2.24) is 15.4 Å². The van der Waals surface area contributed by atoms with Gasteiger partial charge in [0.05, 0.1) is 17.8 Å². The summed E-state index contributed by atoms with van der Waals surface area (Å²) in [5, 5.41) is 4.23. The number of nitrogens with one attached hydrogen (secondary N) is 1. The first kappa shape index (κ1) is 13.6. The molecule has 0 fully saturated rings. The van der Waals surface area contributed by atoms with E-state index in [0.29, 0.717) is 11.0 Å². The third kappa shape index (κ3) is 2.88. The fourth-order valence-corrected chi connectivity index (χ4v) is 1.81. The predicted molar refractivity (Wildman–Crippen MR) is 79.6 cm³/mol. The highest BCUT2D eigenvalue weighted by atomic mass is 16.3. The minimum Gasteiger partial charge on any atom is -0.455 e. The zero-order valence-electron chi connectivity index (χ0n) is 11.3. The van der Waals surface area contributed by atoms with Gasteiger partial charge in [-0.15, -0.1) is 0 Å². The van der Waals surface area contributed by atoms with E-state index < -0.39 is 5.91 Å². The molecule has 3 rings (SSSR count). The zero-order chi connectivity index (χ0) is 15.4. The van der Waals surface area contributed by atoms with E-state index in [1.54, 1.807) is 24.3 Å². The van der Waals surface area contributed by atoms with Crippen LogP contribution >= 0.6 is 0 Å². The van der Waals surface area contributed by atoms with Crippen LogP contribution in [0.15, 0.2) is 63.2 Å². The molecular weight excluding hydrogens is 284 g/mol. The van der Waals surface area contributed by atoms with E-state index in [0.717, 1.165) is 0 Å². The average Bonchev–Trinajstić information content (AvgIpc) is 2.56. The standard InChI is InChI=1S/C15H10N4O3/c20-13-7-10(22-14-4-2-1-3-11(13)14)8-18-19-15(21)12-9-16-5-6-17-12/h1-9H,(H,19,21)/b18-8+. The lowest BCUT2D eigenvalue weighted by Gasteiger charge is -1.99. The first-order valence-corrected chi connectivity index (χ1v) is 6.36. The fourth-order valence-electron chi connectivity index (χ4n) is 1.81. The van der Waals surface area contributed by atoms with Gasteiger partial charge in [0.2, 0.25) is 0 Å². The molecule has 7 heteroatoms. The van der Waals surface area contributed by atoms with Gasteiger partial charge < -0.3 is 4.42 Å². The molecule has 108 valence electrons. The van der Waals surface area contributed by atoms with E-state index in [9.17, 15) is 9.59 Å². The molecule has 0 saturated heterocycles. The van der Waals surface area contributed by atoms with Crippen LogP contribution in [0.1, 0.15) is 16.2 Å². The van der Waals surface area contributed by atoms with Gasteiger partial charge in [0.25, 0.3) is 5.91 Å². The van der Waals surface area contributed by atoms with E-state index in [-0.39, 0.29) is 16.9 Å². The van der Waals surface area contributed by atoms with E-state index in [4.69, 9.17) is 4.42 Å². The van der Waals surface area contributed by atoms with Crippen LogP contribution in [0, 0.1) is 0 Å². The molecule has 0 bridgehead atoms. The number of hydrogen-bond acceptors (Lipinski definition) is 6. The molecule has 2 heterocycles. The van der Waals surface area contributed by atoms with Gasteiger partial charge in [-0.25, -0.2) is 10.4 Å². The largest absolute Gasteiger partial charge is 0.455 e. The summed E-state index contributed by atoms with van der Waals surface area (Å²) in [4.78, 5) is 31.2. The number of fused-ring (bicyclic) bond motifs is 1. The normalized spacial score (nSPS) is 10.9. The van der Waals surface area contributed by atoms with Crippen molar-refractivity contribution in [1.29, 1.82) is 0 Å². The number of hydrazone groups is 1. The fraction of sp³-hybridized carbons (Fsp3) is 0. The van der Waals surface area contributed by atoms with Gasteiger partial charge in [-0.3, -0.25) is 14.6 Å².